The standard InChI is InChI=1S/C23H27NO3/c1-17-16-24(13-12-21(17)23(26)27)22(25)20(14-18-8-4-2-5-9-18)15-19-10-6-3-7-11-19/h2-11,17,20-21H,12-16H2,1H3,(H,26,27). The second-order valence-electron chi connectivity index (χ2n) is 7.57. The molecule has 0 aromatic heterocycles. The normalized spacial score (nSPS) is 19.9. The van der Waals surface area contributed by atoms with Gasteiger partial charge in [-0.15, -0.1) is 0 Å². The van der Waals surface area contributed by atoms with Crippen molar-refractivity contribution < 1.29 is 14.7 Å². The van der Waals surface area contributed by atoms with Crippen molar-refractivity contribution in [2.45, 2.75) is 26.2 Å². The van der Waals surface area contributed by atoms with E-state index in [2.05, 4.69) is 24.3 Å². The summed E-state index contributed by atoms with van der Waals surface area (Å²) in [7, 11) is 0. The highest BCUT2D eigenvalue weighted by molar-refractivity contribution is 5.80. The van der Waals surface area contributed by atoms with Crippen LogP contribution in [-0.4, -0.2) is 35.0 Å². The van der Waals surface area contributed by atoms with Crippen LogP contribution in [-0.2, 0) is 22.4 Å². The van der Waals surface area contributed by atoms with Crippen LogP contribution in [0.3, 0.4) is 0 Å². The van der Waals surface area contributed by atoms with E-state index in [9.17, 15) is 14.7 Å². The fraction of sp³-hybridized carbons (Fsp3) is 0.391. The van der Waals surface area contributed by atoms with Gasteiger partial charge in [0, 0.05) is 19.0 Å². The number of carboxylic acids is 1. The minimum atomic E-state index is -0.750. The summed E-state index contributed by atoms with van der Waals surface area (Å²) in [5.74, 6) is -1.12. The maximum absolute atomic E-state index is 13.3. The molecule has 0 bridgehead atoms. The number of benzene rings is 2. The van der Waals surface area contributed by atoms with Gasteiger partial charge in [-0.2, -0.15) is 0 Å². The fourth-order valence-electron chi connectivity index (χ4n) is 4.01. The molecule has 0 spiro atoms. The molecule has 4 heteroatoms. The van der Waals surface area contributed by atoms with Gasteiger partial charge in [-0.05, 0) is 36.3 Å². The summed E-state index contributed by atoms with van der Waals surface area (Å²) in [4.78, 5) is 26.5. The van der Waals surface area contributed by atoms with Gasteiger partial charge in [0.05, 0.1) is 5.92 Å². The van der Waals surface area contributed by atoms with Crippen molar-refractivity contribution in [1.29, 1.82) is 0 Å². The number of aliphatic carboxylic acids is 1. The Bertz CT molecular complexity index is 718. The first kappa shape index (κ1) is 19.2. The van der Waals surface area contributed by atoms with Gasteiger partial charge in [0.15, 0.2) is 0 Å². The average molecular weight is 365 g/mol. The highest BCUT2D eigenvalue weighted by Gasteiger charge is 2.35. The third-order valence-electron chi connectivity index (χ3n) is 5.53. The van der Waals surface area contributed by atoms with Crippen LogP contribution in [0.25, 0.3) is 0 Å². The largest absolute Gasteiger partial charge is 0.481 e. The van der Waals surface area contributed by atoms with Crippen LogP contribution >= 0.6 is 0 Å². The molecule has 27 heavy (non-hydrogen) atoms. The van der Waals surface area contributed by atoms with Crippen LogP contribution in [0.4, 0.5) is 0 Å². The molecular formula is C23H27NO3. The van der Waals surface area contributed by atoms with Crippen LogP contribution in [0.5, 0.6) is 0 Å². The Balaban J connectivity index is 1.75. The molecule has 1 aliphatic rings. The van der Waals surface area contributed by atoms with Gasteiger partial charge in [0.25, 0.3) is 0 Å². The summed E-state index contributed by atoms with van der Waals surface area (Å²) in [6.07, 6.45) is 1.93. The van der Waals surface area contributed by atoms with Crippen molar-refractivity contribution in [2.75, 3.05) is 13.1 Å². The van der Waals surface area contributed by atoms with Crippen molar-refractivity contribution >= 4 is 11.9 Å². The van der Waals surface area contributed by atoms with E-state index in [-0.39, 0.29) is 23.7 Å². The van der Waals surface area contributed by atoms with Crippen LogP contribution in [0.2, 0.25) is 0 Å². The van der Waals surface area contributed by atoms with Crippen LogP contribution in [0, 0.1) is 17.8 Å². The maximum Gasteiger partial charge on any atom is 0.306 e. The summed E-state index contributed by atoms with van der Waals surface area (Å²) in [5.41, 5.74) is 2.31. The smallest absolute Gasteiger partial charge is 0.306 e. The van der Waals surface area contributed by atoms with E-state index < -0.39 is 5.97 Å². The van der Waals surface area contributed by atoms with Crippen molar-refractivity contribution in [1.82, 2.24) is 4.90 Å². The van der Waals surface area contributed by atoms with Crippen molar-refractivity contribution in [3.8, 4) is 0 Å². The Morgan fingerprint density at radius 2 is 1.52 bits per heavy atom. The predicted octanol–water partition coefficient (Wildman–Crippen LogP) is 3.66. The van der Waals surface area contributed by atoms with Crippen molar-refractivity contribution in [3.05, 3.63) is 71.8 Å². The van der Waals surface area contributed by atoms with Crippen molar-refractivity contribution in [2.24, 2.45) is 17.8 Å². The number of carbonyl (C=O) groups is 2. The lowest BCUT2D eigenvalue weighted by atomic mass is 9.85. The molecule has 2 atom stereocenters. The summed E-state index contributed by atoms with van der Waals surface area (Å²) in [6, 6.07) is 20.2. The Morgan fingerprint density at radius 1 is 1.00 bits per heavy atom. The lowest BCUT2D eigenvalue weighted by Crippen LogP contribution is -2.47. The molecule has 142 valence electrons. The molecule has 2 unspecified atom stereocenters. The second-order valence-corrected chi connectivity index (χ2v) is 7.57. The minimum Gasteiger partial charge on any atom is -0.481 e. The number of carbonyl (C=O) groups excluding carboxylic acids is 1. The van der Waals surface area contributed by atoms with E-state index in [0.29, 0.717) is 32.4 Å². The monoisotopic (exact) mass is 365 g/mol. The zero-order valence-electron chi connectivity index (χ0n) is 15.8. The molecule has 1 amide bonds. The zero-order valence-corrected chi connectivity index (χ0v) is 15.8. The van der Waals surface area contributed by atoms with E-state index in [0.717, 1.165) is 11.1 Å². The van der Waals surface area contributed by atoms with Gasteiger partial charge in [-0.1, -0.05) is 67.6 Å². The number of hydrogen-bond acceptors (Lipinski definition) is 2. The molecule has 1 N–H and O–H groups in total. The summed E-state index contributed by atoms with van der Waals surface area (Å²) in [5, 5.41) is 9.33. The highest BCUT2D eigenvalue weighted by Crippen LogP contribution is 2.26. The number of rotatable bonds is 6. The number of nitrogens with zero attached hydrogens (tertiary/aromatic N) is 1. The summed E-state index contributed by atoms with van der Waals surface area (Å²) >= 11 is 0. The molecule has 4 nitrogen and oxygen atoms in total. The molecule has 0 radical (unpaired) electrons. The molecule has 0 saturated carbocycles. The number of hydrogen-bond donors (Lipinski definition) is 1. The SMILES string of the molecule is CC1CN(C(=O)C(Cc2ccccc2)Cc2ccccc2)CCC1C(=O)O. The quantitative estimate of drug-likeness (QED) is 0.850. The third kappa shape index (κ3) is 4.97. The molecule has 1 saturated heterocycles. The zero-order chi connectivity index (χ0) is 19.2. The summed E-state index contributed by atoms with van der Waals surface area (Å²) in [6.45, 7) is 2.98. The average Bonchev–Trinajstić information content (AvgIpc) is 2.68. The lowest BCUT2D eigenvalue weighted by Gasteiger charge is -2.37. The summed E-state index contributed by atoms with van der Waals surface area (Å²) < 4.78 is 0. The number of amides is 1. The van der Waals surface area contributed by atoms with Gasteiger partial charge >= 0.3 is 5.97 Å². The van der Waals surface area contributed by atoms with E-state index >= 15 is 0 Å². The van der Waals surface area contributed by atoms with Crippen LogP contribution in [0.15, 0.2) is 60.7 Å². The molecular weight excluding hydrogens is 338 g/mol. The van der Waals surface area contributed by atoms with Gasteiger partial charge in [0.2, 0.25) is 5.91 Å². The Morgan fingerprint density at radius 3 is 1.96 bits per heavy atom. The molecule has 2 aromatic carbocycles. The van der Waals surface area contributed by atoms with Gasteiger partial charge in [-0.25, -0.2) is 0 Å². The van der Waals surface area contributed by atoms with Gasteiger partial charge in [-0.3, -0.25) is 9.59 Å². The number of likely N-dealkylation sites (tertiary alicyclic amines) is 1. The second kappa shape index (κ2) is 8.85. The minimum absolute atomic E-state index is 0.0192. The Hall–Kier alpha value is -2.62. The van der Waals surface area contributed by atoms with Crippen LogP contribution in [0.1, 0.15) is 24.5 Å². The highest BCUT2D eigenvalue weighted by atomic mass is 16.4. The molecule has 1 heterocycles. The maximum atomic E-state index is 13.3. The predicted molar refractivity (Wildman–Crippen MR) is 105 cm³/mol. The molecule has 1 fully saturated rings. The first-order valence-electron chi connectivity index (χ1n) is 9.64. The van der Waals surface area contributed by atoms with E-state index in [1.165, 1.54) is 0 Å². The van der Waals surface area contributed by atoms with E-state index in [1.54, 1.807) is 0 Å². The topological polar surface area (TPSA) is 57.6 Å². The van der Waals surface area contributed by atoms with Gasteiger partial charge < -0.3 is 10.0 Å². The third-order valence-corrected chi connectivity index (χ3v) is 5.53. The fourth-order valence-corrected chi connectivity index (χ4v) is 4.01. The van der Waals surface area contributed by atoms with E-state index in [1.807, 2.05) is 48.2 Å². The lowest BCUT2D eigenvalue weighted by molar-refractivity contribution is -0.149. The Labute approximate surface area is 160 Å². The van der Waals surface area contributed by atoms with Crippen molar-refractivity contribution in [3.63, 3.8) is 0 Å². The number of carboxylic acid groups (broad SMARTS) is 1. The number of piperidine rings is 1. The van der Waals surface area contributed by atoms with E-state index in [4.69, 9.17) is 0 Å². The Kier molecular flexibility index (Phi) is 6.28. The molecule has 3 rings (SSSR count). The molecule has 1 aliphatic heterocycles. The first-order valence-corrected chi connectivity index (χ1v) is 9.64. The van der Waals surface area contributed by atoms with Crippen LogP contribution < -0.4 is 0 Å². The first-order chi connectivity index (χ1) is 13.0. The van der Waals surface area contributed by atoms with Gasteiger partial charge in [0.1, 0.15) is 0 Å². The molecule has 0 aliphatic carbocycles. The molecule has 2 aromatic rings.